The number of fused-ring (bicyclic) bond motifs is 1. The van der Waals surface area contributed by atoms with E-state index < -0.39 is 11.9 Å². The highest BCUT2D eigenvalue weighted by Crippen LogP contribution is 2.33. The first kappa shape index (κ1) is 25.1. The molecular formula is C24H28N2O7S. The van der Waals surface area contributed by atoms with Gasteiger partial charge >= 0.3 is 5.97 Å². The molecule has 0 N–H and O–H groups in total. The number of rotatable bonds is 10. The van der Waals surface area contributed by atoms with Gasteiger partial charge in [-0.2, -0.15) is 4.99 Å². The zero-order chi connectivity index (χ0) is 24.7. The molecule has 0 fully saturated rings. The highest BCUT2D eigenvalue weighted by atomic mass is 32.1. The summed E-state index contributed by atoms with van der Waals surface area (Å²) in [7, 11) is 3.07. The Balaban J connectivity index is 2.13. The van der Waals surface area contributed by atoms with Crippen LogP contribution in [0.3, 0.4) is 0 Å². The van der Waals surface area contributed by atoms with Crippen molar-refractivity contribution >= 4 is 33.4 Å². The Labute approximate surface area is 201 Å². The molecule has 3 rings (SSSR count). The van der Waals surface area contributed by atoms with Crippen LogP contribution in [0.1, 0.15) is 31.1 Å². The van der Waals surface area contributed by atoms with Crippen molar-refractivity contribution in [2.75, 3.05) is 34.0 Å². The molecule has 0 atom stereocenters. The predicted molar refractivity (Wildman–Crippen MR) is 128 cm³/mol. The van der Waals surface area contributed by atoms with Gasteiger partial charge in [-0.15, -0.1) is 0 Å². The molecule has 1 heterocycles. The van der Waals surface area contributed by atoms with Gasteiger partial charge in [-0.25, -0.2) is 0 Å². The molecule has 0 aliphatic heterocycles. The lowest BCUT2D eigenvalue weighted by atomic mass is 10.2. The van der Waals surface area contributed by atoms with E-state index in [-0.39, 0.29) is 13.2 Å². The van der Waals surface area contributed by atoms with Crippen molar-refractivity contribution in [3.63, 3.8) is 0 Å². The van der Waals surface area contributed by atoms with Crippen LogP contribution in [0.4, 0.5) is 0 Å². The van der Waals surface area contributed by atoms with Gasteiger partial charge in [0.2, 0.25) is 0 Å². The zero-order valence-electron chi connectivity index (χ0n) is 19.9. The van der Waals surface area contributed by atoms with E-state index in [4.69, 9.17) is 23.7 Å². The first-order chi connectivity index (χ1) is 16.4. The molecule has 0 saturated heterocycles. The van der Waals surface area contributed by atoms with Crippen LogP contribution in [-0.2, 0) is 16.1 Å². The third-order valence-electron chi connectivity index (χ3n) is 4.77. The molecule has 0 radical (unpaired) electrons. The normalized spacial score (nSPS) is 11.4. The summed E-state index contributed by atoms with van der Waals surface area (Å²) >= 11 is 1.26. The summed E-state index contributed by atoms with van der Waals surface area (Å²) in [5.74, 6) is 1.13. The molecule has 0 saturated carbocycles. The number of nitrogens with zero attached hydrogens (tertiary/aromatic N) is 2. The van der Waals surface area contributed by atoms with Crippen molar-refractivity contribution in [3.05, 3.63) is 40.7 Å². The number of carbonyl (C=O) groups excluding carboxylic acids is 2. The van der Waals surface area contributed by atoms with Crippen molar-refractivity contribution < 1.29 is 33.3 Å². The number of esters is 1. The Bertz CT molecular complexity index is 1250. The van der Waals surface area contributed by atoms with E-state index in [2.05, 4.69) is 4.99 Å². The molecular weight excluding hydrogens is 460 g/mol. The summed E-state index contributed by atoms with van der Waals surface area (Å²) < 4.78 is 29.5. The van der Waals surface area contributed by atoms with Crippen molar-refractivity contribution in [1.82, 2.24) is 4.57 Å². The highest BCUT2D eigenvalue weighted by Gasteiger charge is 2.17. The third kappa shape index (κ3) is 5.51. The molecule has 0 unspecified atom stereocenters. The summed E-state index contributed by atoms with van der Waals surface area (Å²) in [6, 6.07) is 8.46. The second-order valence-electron chi connectivity index (χ2n) is 6.90. The summed E-state index contributed by atoms with van der Waals surface area (Å²) in [5, 5.41) is 0. The van der Waals surface area contributed by atoms with Gasteiger partial charge in [0, 0.05) is 17.7 Å². The number of methoxy groups -OCH3 is 2. The lowest BCUT2D eigenvalue weighted by molar-refractivity contribution is -0.143. The fraction of sp³-hybridized carbons (Fsp3) is 0.375. The SMILES string of the molecule is CCOC(=O)Cn1c(=NC(=O)c2ccc(OCC)c(OCC)c2)sc2cc(OC)c(OC)cc21. The molecule has 0 spiro atoms. The second-order valence-corrected chi connectivity index (χ2v) is 7.90. The average Bonchev–Trinajstić information content (AvgIpc) is 3.15. The van der Waals surface area contributed by atoms with Crippen LogP contribution in [0, 0.1) is 0 Å². The first-order valence-corrected chi connectivity index (χ1v) is 11.7. The summed E-state index contributed by atoms with van der Waals surface area (Å²) in [5.41, 5.74) is 1.01. The molecule has 0 bridgehead atoms. The highest BCUT2D eigenvalue weighted by molar-refractivity contribution is 7.16. The van der Waals surface area contributed by atoms with Crippen LogP contribution in [-0.4, -0.2) is 50.5 Å². The molecule has 0 aliphatic rings. The maximum Gasteiger partial charge on any atom is 0.326 e. The monoisotopic (exact) mass is 488 g/mol. The summed E-state index contributed by atoms with van der Waals surface area (Å²) in [6.07, 6.45) is 0. The van der Waals surface area contributed by atoms with E-state index in [0.29, 0.717) is 52.1 Å². The minimum atomic E-state index is -0.480. The van der Waals surface area contributed by atoms with Gasteiger partial charge in [-0.05, 0) is 39.0 Å². The molecule has 9 nitrogen and oxygen atoms in total. The maximum absolute atomic E-state index is 13.1. The molecule has 3 aromatic rings. The number of aromatic nitrogens is 1. The predicted octanol–water partition coefficient (Wildman–Crippen LogP) is 3.82. The standard InChI is InChI=1S/C24H28N2O7S/c1-6-31-17-10-9-15(11-20(17)32-7-2)23(28)25-24-26(14-22(27)33-8-3)16-12-18(29-4)19(30-5)13-21(16)34-24/h9-13H,6-8,14H2,1-5H3. The van der Waals surface area contributed by atoms with E-state index in [0.717, 1.165) is 4.70 Å². The van der Waals surface area contributed by atoms with Gasteiger partial charge in [-0.1, -0.05) is 11.3 Å². The largest absolute Gasteiger partial charge is 0.493 e. The van der Waals surface area contributed by atoms with Crippen LogP contribution in [0.2, 0.25) is 0 Å². The number of ether oxygens (including phenoxy) is 5. The van der Waals surface area contributed by atoms with Crippen molar-refractivity contribution in [1.29, 1.82) is 0 Å². The van der Waals surface area contributed by atoms with E-state index in [1.807, 2.05) is 13.8 Å². The van der Waals surface area contributed by atoms with Gasteiger partial charge in [0.25, 0.3) is 5.91 Å². The first-order valence-electron chi connectivity index (χ1n) is 10.8. The molecule has 182 valence electrons. The molecule has 1 aromatic heterocycles. The number of thiazole rings is 1. The van der Waals surface area contributed by atoms with E-state index in [9.17, 15) is 9.59 Å². The number of hydrogen-bond donors (Lipinski definition) is 0. The third-order valence-corrected chi connectivity index (χ3v) is 5.81. The van der Waals surface area contributed by atoms with Gasteiger partial charge in [0.1, 0.15) is 6.54 Å². The Morgan fingerprint density at radius 1 is 0.882 bits per heavy atom. The Morgan fingerprint density at radius 2 is 1.56 bits per heavy atom. The quantitative estimate of drug-likeness (QED) is 0.400. The lowest BCUT2D eigenvalue weighted by Gasteiger charge is -2.11. The fourth-order valence-electron chi connectivity index (χ4n) is 3.31. The Hall–Kier alpha value is -3.53. The van der Waals surface area contributed by atoms with E-state index >= 15 is 0 Å². The lowest BCUT2D eigenvalue weighted by Crippen LogP contribution is -2.23. The minimum absolute atomic E-state index is 0.108. The topological polar surface area (TPSA) is 97.6 Å². The van der Waals surface area contributed by atoms with Crippen molar-refractivity contribution in [2.45, 2.75) is 27.3 Å². The smallest absolute Gasteiger partial charge is 0.326 e. The Morgan fingerprint density at radius 3 is 2.21 bits per heavy atom. The molecule has 2 aromatic carbocycles. The maximum atomic E-state index is 13.1. The fourth-order valence-corrected chi connectivity index (χ4v) is 4.34. The number of carbonyl (C=O) groups is 2. The van der Waals surface area contributed by atoms with Crippen LogP contribution < -0.4 is 23.7 Å². The molecule has 1 amide bonds. The van der Waals surface area contributed by atoms with Gasteiger partial charge < -0.3 is 28.3 Å². The van der Waals surface area contributed by atoms with Crippen molar-refractivity contribution in [2.24, 2.45) is 4.99 Å². The van der Waals surface area contributed by atoms with Crippen LogP contribution >= 0.6 is 11.3 Å². The average molecular weight is 489 g/mol. The number of amides is 1. The number of hydrogen-bond acceptors (Lipinski definition) is 8. The molecule has 10 heteroatoms. The van der Waals surface area contributed by atoms with Crippen LogP contribution in [0.25, 0.3) is 10.2 Å². The summed E-state index contributed by atoms with van der Waals surface area (Å²) in [4.78, 5) is 30.1. The molecule has 0 aliphatic carbocycles. The van der Waals surface area contributed by atoms with Crippen molar-refractivity contribution in [3.8, 4) is 23.0 Å². The Kier molecular flexibility index (Phi) is 8.53. The van der Waals surface area contributed by atoms with Gasteiger partial charge in [0.15, 0.2) is 27.8 Å². The number of benzene rings is 2. The van der Waals surface area contributed by atoms with Gasteiger partial charge in [-0.3, -0.25) is 9.59 Å². The second kappa shape index (κ2) is 11.6. The van der Waals surface area contributed by atoms with Crippen LogP contribution in [0.5, 0.6) is 23.0 Å². The van der Waals surface area contributed by atoms with E-state index in [1.54, 1.807) is 48.9 Å². The minimum Gasteiger partial charge on any atom is -0.493 e. The zero-order valence-corrected chi connectivity index (χ0v) is 20.7. The van der Waals surface area contributed by atoms with Crippen LogP contribution in [0.15, 0.2) is 35.3 Å². The summed E-state index contributed by atoms with van der Waals surface area (Å²) in [6.45, 7) is 6.50. The van der Waals surface area contributed by atoms with E-state index in [1.165, 1.54) is 18.4 Å². The van der Waals surface area contributed by atoms with Gasteiger partial charge in [0.05, 0.1) is 44.3 Å². The molecule has 34 heavy (non-hydrogen) atoms.